The van der Waals surface area contributed by atoms with Crippen molar-refractivity contribution in [3.05, 3.63) is 25.0 Å². The summed E-state index contributed by atoms with van der Waals surface area (Å²) in [5.74, 6) is 2.40. The van der Waals surface area contributed by atoms with E-state index in [0.717, 1.165) is 16.9 Å². The van der Waals surface area contributed by atoms with Crippen LogP contribution in [0, 0.1) is 5.92 Å². The third-order valence-corrected chi connectivity index (χ3v) is 4.35. The van der Waals surface area contributed by atoms with Gasteiger partial charge in [0.15, 0.2) is 5.82 Å². The lowest BCUT2D eigenvalue weighted by Gasteiger charge is -2.15. The van der Waals surface area contributed by atoms with Gasteiger partial charge in [-0.2, -0.15) is 9.97 Å². The zero-order chi connectivity index (χ0) is 17.4. The Hall–Kier alpha value is -2.94. The van der Waals surface area contributed by atoms with Crippen molar-refractivity contribution in [2.75, 3.05) is 17.2 Å². The maximum atomic E-state index is 9.11. The van der Waals surface area contributed by atoms with E-state index in [1.165, 1.54) is 17.5 Å². The molecule has 4 N–H and O–H groups in total. The van der Waals surface area contributed by atoms with E-state index in [9.17, 15) is 0 Å². The molecule has 3 aromatic rings. The van der Waals surface area contributed by atoms with Crippen LogP contribution < -0.4 is 10.6 Å². The van der Waals surface area contributed by atoms with E-state index in [4.69, 9.17) is 5.11 Å². The number of hydrogen-bond donors (Lipinski definition) is 4. The molecule has 130 valence electrons. The molecular weight excluding hydrogens is 320 g/mol. The molecule has 9 nitrogen and oxygen atoms in total. The molecule has 1 saturated carbocycles. The topological polar surface area (TPSA) is 117 Å². The fourth-order valence-corrected chi connectivity index (χ4v) is 2.70. The van der Waals surface area contributed by atoms with Crippen molar-refractivity contribution in [2.45, 2.75) is 25.8 Å². The van der Waals surface area contributed by atoms with Gasteiger partial charge in [0.25, 0.3) is 0 Å². The Morgan fingerprint density at radius 2 is 2.32 bits per heavy atom. The molecule has 0 unspecified atom stereocenters. The second-order valence-corrected chi connectivity index (χ2v) is 6.30. The van der Waals surface area contributed by atoms with Gasteiger partial charge in [0.05, 0.1) is 23.9 Å². The molecule has 3 aromatic heterocycles. The number of aliphatic hydroxyl groups is 1. The Bertz CT molecular complexity index is 910. The lowest BCUT2D eigenvalue weighted by Crippen LogP contribution is -2.18. The van der Waals surface area contributed by atoms with Crippen LogP contribution in [0.4, 0.5) is 17.6 Å². The quantitative estimate of drug-likeness (QED) is 0.519. The van der Waals surface area contributed by atoms with Gasteiger partial charge in [-0.25, -0.2) is 4.68 Å². The summed E-state index contributed by atoms with van der Waals surface area (Å²) in [6.07, 6.45) is 6.00. The molecule has 1 aliphatic rings. The van der Waals surface area contributed by atoms with Gasteiger partial charge in [0.2, 0.25) is 5.95 Å². The summed E-state index contributed by atoms with van der Waals surface area (Å²) in [7, 11) is 0. The zero-order valence-corrected chi connectivity index (χ0v) is 13.9. The molecule has 0 aliphatic heterocycles. The number of nitrogens with one attached hydrogen (secondary N) is 3. The molecule has 3 heterocycles. The van der Waals surface area contributed by atoms with Crippen LogP contribution in [0.25, 0.3) is 16.7 Å². The van der Waals surface area contributed by atoms with E-state index >= 15 is 0 Å². The van der Waals surface area contributed by atoms with Crippen molar-refractivity contribution in [1.29, 1.82) is 0 Å². The first-order chi connectivity index (χ1) is 12.1. The highest BCUT2D eigenvalue weighted by atomic mass is 16.3. The molecule has 4 rings (SSSR count). The summed E-state index contributed by atoms with van der Waals surface area (Å²) in [4.78, 5) is 12.2. The summed E-state index contributed by atoms with van der Waals surface area (Å²) in [6.45, 7) is 5.69. The Balaban J connectivity index is 1.60. The van der Waals surface area contributed by atoms with Crippen LogP contribution >= 0.6 is 0 Å². The summed E-state index contributed by atoms with van der Waals surface area (Å²) in [6, 6.07) is 2.33. The first kappa shape index (κ1) is 15.6. The number of rotatable bonds is 7. The summed E-state index contributed by atoms with van der Waals surface area (Å²) in [5.41, 5.74) is 1.18. The van der Waals surface area contributed by atoms with Crippen LogP contribution in [0.2, 0.25) is 0 Å². The van der Waals surface area contributed by atoms with E-state index in [0.29, 0.717) is 29.4 Å². The standard InChI is InChI=1S/C16H20N8O/c1-9(8-25)24-7-13(22-23-24)19-16-20-14-12(5-6-17-14)15(21-16)18-10(2)11-3-4-11/h5-7,10-11,25H,1,3-4,8H2,2H3,(H3,17,18,19,20,21)/t10-/m0/s1. The van der Waals surface area contributed by atoms with Gasteiger partial charge in [0, 0.05) is 12.2 Å². The van der Waals surface area contributed by atoms with Gasteiger partial charge < -0.3 is 20.7 Å². The number of aromatic nitrogens is 6. The molecular formula is C16H20N8O. The minimum Gasteiger partial charge on any atom is -0.390 e. The van der Waals surface area contributed by atoms with Crippen LogP contribution in [0.15, 0.2) is 25.0 Å². The fourth-order valence-electron chi connectivity index (χ4n) is 2.70. The molecule has 0 amide bonds. The van der Waals surface area contributed by atoms with E-state index in [-0.39, 0.29) is 6.61 Å². The van der Waals surface area contributed by atoms with E-state index in [1.54, 1.807) is 6.20 Å². The van der Waals surface area contributed by atoms with Crippen molar-refractivity contribution in [2.24, 2.45) is 5.92 Å². The Labute approximate surface area is 144 Å². The smallest absolute Gasteiger partial charge is 0.232 e. The van der Waals surface area contributed by atoms with Crippen LogP contribution in [0.1, 0.15) is 19.8 Å². The highest BCUT2D eigenvalue weighted by molar-refractivity contribution is 5.88. The molecule has 9 heteroatoms. The van der Waals surface area contributed by atoms with Gasteiger partial charge >= 0.3 is 0 Å². The summed E-state index contributed by atoms with van der Waals surface area (Å²) < 4.78 is 1.41. The third kappa shape index (κ3) is 3.18. The fraction of sp³-hybridized carbons (Fsp3) is 0.375. The lowest BCUT2D eigenvalue weighted by molar-refractivity contribution is 0.342. The number of H-pyrrole nitrogens is 1. The minimum absolute atomic E-state index is 0.194. The number of anilines is 3. The highest BCUT2D eigenvalue weighted by Gasteiger charge is 2.28. The number of aromatic amines is 1. The average Bonchev–Trinajstić information content (AvgIpc) is 3.18. The van der Waals surface area contributed by atoms with Gasteiger partial charge in [-0.3, -0.25) is 0 Å². The largest absolute Gasteiger partial charge is 0.390 e. The van der Waals surface area contributed by atoms with E-state index in [2.05, 4.69) is 49.4 Å². The van der Waals surface area contributed by atoms with Crippen LogP contribution in [0.3, 0.4) is 0 Å². The van der Waals surface area contributed by atoms with Crippen LogP contribution in [-0.4, -0.2) is 47.7 Å². The maximum Gasteiger partial charge on any atom is 0.232 e. The van der Waals surface area contributed by atoms with Crippen LogP contribution in [-0.2, 0) is 0 Å². The molecule has 0 spiro atoms. The monoisotopic (exact) mass is 340 g/mol. The van der Waals surface area contributed by atoms with Crippen LogP contribution in [0.5, 0.6) is 0 Å². The minimum atomic E-state index is -0.194. The Morgan fingerprint density at radius 1 is 1.48 bits per heavy atom. The third-order valence-electron chi connectivity index (χ3n) is 4.35. The molecule has 0 radical (unpaired) electrons. The van der Waals surface area contributed by atoms with E-state index in [1.807, 2.05) is 12.3 Å². The van der Waals surface area contributed by atoms with Crippen molar-refractivity contribution >= 4 is 34.3 Å². The van der Waals surface area contributed by atoms with Crippen molar-refractivity contribution < 1.29 is 5.11 Å². The molecule has 1 atom stereocenters. The normalized spacial score (nSPS) is 15.3. The zero-order valence-electron chi connectivity index (χ0n) is 13.9. The van der Waals surface area contributed by atoms with Gasteiger partial charge in [-0.1, -0.05) is 11.8 Å². The second-order valence-electron chi connectivity index (χ2n) is 6.30. The first-order valence-corrected chi connectivity index (χ1v) is 8.24. The Morgan fingerprint density at radius 3 is 3.08 bits per heavy atom. The molecule has 1 fully saturated rings. The predicted molar refractivity (Wildman–Crippen MR) is 95.4 cm³/mol. The van der Waals surface area contributed by atoms with Gasteiger partial charge in [0.1, 0.15) is 11.5 Å². The lowest BCUT2D eigenvalue weighted by atomic mass is 10.2. The van der Waals surface area contributed by atoms with Gasteiger partial charge in [-0.15, -0.1) is 5.10 Å². The summed E-state index contributed by atoms with van der Waals surface area (Å²) >= 11 is 0. The predicted octanol–water partition coefficient (Wildman–Crippen LogP) is 1.97. The van der Waals surface area contributed by atoms with Crippen molar-refractivity contribution in [3.8, 4) is 0 Å². The maximum absolute atomic E-state index is 9.11. The van der Waals surface area contributed by atoms with Crippen molar-refractivity contribution in [3.63, 3.8) is 0 Å². The Kier molecular flexibility index (Phi) is 3.85. The molecule has 25 heavy (non-hydrogen) atoms. The number of aliphatic hydroxyl groups excluding tert-OH is 1. The van der Waals surface area contributed by atoms with E-state index < -0.39 is 0 Å². The number of fused-ring (bicyclic) bond motifs is 1. The molecule has 0 saturated heterocycles. The molecule has 1 aliphatic carbocycles. The SMILES string of the molecule is C=C(CO)n1cc(Nc2nc(N[C@@H](C)C3CC3)c3cc[nH]c3n2)nn1. The highest BCUT2D eigenvalue weighted by Crippen LogP contribution is 2.34. The number of hydrogen-bond acceptors (Lipinski definition) is 7. The van der Waals surface area contributed by atoms with Crippen molar-refractivity contribution in [1.82, 2.24) is 29.9 Å². The average molecular weight is 340 g/mol. The molecule has 0 bridgehead atoms. The van der Waals surface area contributed by atoms with Gasteiger partial charge in [-0.05, 0) is 31.7 Å². The molecule has 0 aromatic carbocycles. The number of nitrogens with zero attached hydrogens (tertiary/aromatic N) is 5. The first-order valence-electron chi connectivity index (χ1n) is 8.24. The summed E-state index contributed by atoms with van der Waals surface area (Å²) in [5, 5.41) is 24.5. The second kappa shape index (κ2) is 6.17.